The van der Waals surface area contributed by atoms with E-state index in [1.807, 2.05) is 13.8 Å². The molecule has 1 aromatic carbocycles. The highest BCUT2D eigenvalue weighted by Crippen LogP contribution is 2.40. The van der Waals surface area contributed by atoms with Gasteiger partial charge in [-0.05, 0) is 32.0 Å². The van der Waals surface area contributed by atoms with Crippen LogP contribution in [0.2, 0.25) is 0 Å². The minimum atomic E-state index is -3.36. The summed E-state index contributed by atoms with van der Waals surface area (Å²) in [6, 6.07) is 4.63. The van der Waals surface area contributed by atoms with Crippen LogP contribution >= 0.6 is 0 Å². The first kappa shape index (κ1) is 15.8. The highest BCUT2D eigenvalue weighted by Gasteiger charge is 2.35. The Labute approximate surface area is 124 Å². The zero-order chi connectivity index (χ0) is 15.8. The number of nitrogens with one attached hydrogen (secondary N) is 2. The van der Waals surface area contributed by atoms with E-state index in [-0.39, 0.29) is 5.91 Å². The van der Waals surface area contributed by atoms with Crippen LogP contribution in [0.15, 0.2) is 18.2 Å². The van der Waals surface area contributed by atoms with Crippen molar-refractivity contribution in [2.75, 3.05) is 13.3 Å². The molecule has 1 unspecified atom stereocenters. The quantitative estimate of drug-likeness (QED) is 0.878. The van der Waals surface area contributed by atoms with Crippen LogP contribution in [0.3, 0.4) is 0 Å². The van der Waals surface area contributed by atoms with Gasteiger partial charge in [-0.25, -0.2) is 13.1 Å². The second kappa shape index (κ2) is 5.31. The fraction of sp³-hybridized carbons (Fsp3) is 0.500. The lowest BCUT2D eigenvalue weighted by Crippen LogP contribution is -2.41. The number of hydrogen-bond acceptors (Lipinski definition) is 4. The second-order valence-corrected chi connectivity index (χ2v) is 7.62. The summed E-state index contributed by atoms with van der Waals surface area (Å²) in [5, 5.41) is 2.55. The highest BCUT2D eigenvalue weighted by molar-refractivity contribution is 7.88. The van der Waals surface area contributed by atoms with Gasteiger partial charge >= 0.3 is 0 Å². The third-order valence-corrected chi connectivity index (χ3v) is 4.03. The van der Waals surface area contributed by atoms with Crippen molar-refractivity contribution in [3.63, 3.8) is 0 Å². The zero-order valence-corrected chi connectivity index (χ0v) is 13.4. The summed E-state index contributed by atoms with van der Waals surface area (Å²) < 4.78 is 31.6. The molecule has 1 heterocycles. The molecule has 6 nitrogen and oxygen atoms in total. The lowest BCUT2D eigenvalue weighted by Gasteiger charge is -2.37. The van der Waals surface area contributed by atoms with E-state index in [2.05, 4.69) is 10.0 Å². The summed E-state index contributed by atoms with van der Waals surface area (Å²) in [7, 11) is -1.81. The van der Waals surface area contributed by atoms with Crippen molar-refractivity contribution in [1.29, 1.82) is 0 Å². The van der Waals surface area contributed by atoms with Gasteiger partial charge in [-0.1, -0.05) is 0 Å². The average molecular weight is 312 g/mol. The van der Waals surface area contributed by atoms with Gasteiger partial charge in [0.05, 0.1) is 12.3 Å². The fourth-order valence-corrected chi connectivity index (χ4v) is 3.23. The molecular weight excluding hydrogens is 292 g/mol. The van der Waals surface area contributed by atoms with Gasteiger partial charge in [0.1, 0.15) is 11.4 Å². The summed E-state index contributed by atoms with van der Waals surface area (Å²) in [6.07, 6.45) is 1.61. The van der Waals surface area contributed by atoms with Crippen LogP contribution in [0.1, 0.15) is 42.2 Å². The number of carbonyl (C=O) groups is 1. The molecule has 0 fully saturated rings. The van der Waals surface area contributed by atoms with Crippen molar-refractivity contribution in [2.45, 2.75) is 31.9 Å². The third kappa shape index (κ3) is 3.74. The topological polar surface area (TPSA) is 84.5 Å². The van der Waals surface area contributed by atoms with Crippen molar-refractivity contribution in [2.24, 2.45) is 0 Å². The highest BCUT2D eigenvalue weighted by atomic mass is 32.2. The summed E-state index contributed by atoms with van der Waals surface area (Å²) in [4.78, 5) is 11.7. The monoisotopic (exact) mass is 312 g/mol. The molecule has 0 aromatic heterocycles. The number of sulfonamides is 1. The molecule has 116 valence electrons. The number of amides is 1. The molecule has 1 aromatic rings. The van der Waals surface area contributed by atoms with Crippen LogP contribution in [0.4, 0.5) is 0 Å². The van der Waals surface area contributed by atoms with Crippen molar-refractivity contribution in [1.82, 2.24) is 10.0 Å². The molecule has 1 aliphatic rings. The van der Waals surface area contributed by atoms with Crippen molar-refractivity contribution < 1.29 is 17.9 Å². The van der Waals surface area contributed by atoms with Crippen LogP contribution in [-0.4, -0.2) is 33.2 Å². The first-order valence-electron chi connectivity index (χ1n) is 6.64. The summed E-state index contributed by atoms with van der Waals surface area (Å²) in [5.74, 6) is 0.376. The molecule has 1 atom stereocenters. The summed E-state index contributed by atoms with van der Waals surface area (Å²) in [6.45, 7) is 3.80. The number of carbonyl (C=O) groups excluding carboxylic acids is 1. The molecule has 0 bridgehead atoms. The molecular formula is C14H20N2O4S. The van der Waals surface area contributed by atoms with Crippen molar-refractivity contribution >= 4 is 15.9 Å². The number of benzene rings is 1. The Bertz CT molecular complexity index is 668. The Morgan fingerprint density at radius 2 is 2.05 bits per heavy atom. The largest absolute Gasteiger partial charge is 0.487 e. The van der Waals surface area contributed by atoms with Crippen LogP contribution in [-0.2, 0) is 10.0 Å². The normalized spacial score (nSPS) is 20.3. The van der Waals surface area contributed by atoms with Crippen molar-refractivity contribution in [3.05, 3.63) is 29.3 Å². The molecule has 0 saturated heterocycles. The Balaban J connectivity index is 2.47. The molecule has 2 rings (SSSR count). The number of hydrogen-bond donors (Lipinski definition) is 2. The van der Waals surface area contributed by atoms with Crippen LogP contribution in [0, 0.1) is 0 Å². The molecule has 0 spiro atoms. The lowest BCUT2D eigenvalue weighted by atomic mass is 9.89. The van der Waals surface area contributed by atoms with Gasteiger partial charge in [0.2, 0.25) is 10.0 Å². The standard InChI is InChI=1S/C14H20N2O4S/c1-14(2)8-11(16-21(4,18)19)10-7-9(13(17)15-3)5-6-12(10)20-14/h5-7,11,16H,8H2,1-4H3,(H,15,17). The summed E-state index contributed by atoms with van der Waals surface area (Å²) in [5.41, 5.74) is 0.671. The van der Waals surface area contributed by atoms with E-state index < -0.39 is 21.7 Å². The van der Waals surface area contributed by atoms with Crippen LogP contribution in [0.25, 0.3) is 0 Å². The van der Waals surface area contributed by atoms with E-state index >= 15 is 0 Å². The fourth-order valence-electron chi connectivity index (χ4n) is 2.50. The Hall–Kier alpha value is -1.60. The molecule has 0 radical (unpaired) electrons. The maximum atomic E-state index is 11.7. The maximum Gasteiger partial charge on any atom is 0.251 e. The minimum Gasteiger partial charge on any atom is -0.487 e. The first-order valence-corrected chi connectivity index (χ1v) is 8.53. The van der Waals surface area contributed by atoms with Crippen LogP contribution in [0.5, 0.6) is 5.75 Å². The Morgan fingerprint density at radius 3 is 2.62 bits per heavy atom. The first-order chi connectivity index (χ1) is 9.61. The predicted molar refractivity (Wildman–Crippen MR) is 79.9 cm³/mol. The van der Waals surface area contributed by atoms with E-state index in [4.69, 9.17) is 4.74 Å². The van der Waals surface area contributed by atoms with Crippen LogP contribution < -0.4 is 14.8 Å². The van der Waals surface area contributed by atoms with Gasteiger partial charge in [-0.2, -0.15) is 0 Å². The predicted octanol–water partition coefficient (Wildman–Crippen LogP) is 1.20. The molecule has 7 heteroatoms. The molecule has 1 aliphatic heterocycles. The van der Waals surface area contributed by atoms with E-state index in [9.17, 15) is 13.2 Å². The zero-order valence-electron chi connectivity index (χ0n) is 12.6. The van der Waals surface area contributed by atoms with E-state index in [0.29, 0.717) is 23.3 Å². The van der Waals surface area contributed by atoms with Gasteiger partial charge in [0.15, 0.2) is 0 Å². The lowest BCUT2D eigenvalue weighted by molar-refractivity contribution is 0.0701. The maximum absolute atomic E-state index is 11.7. The molecule has 2 N–H and O–H groups in total. The van der Waals surface area contributed by atoms with E-state index in [1.54, 1.807) is 25.2 Å². The smallest absolute Gasteiger partial charge is 0.251 e. The molecule has 21 heavy (non-hydrogen) atoms. The van der Waals surface area contributed by atoms with Crippen molar-refractivity contribution in [3.8, 4) is 5.75 Å². The minimum absolute atomic E-state index is 0.222. The molecule has 1 amide bonds. The van der Waals surface area contributed by atoms with E-state index in [1.165, 1.54) is 0 Å². The SMILES string of the molecule is CNC(=O)c1ccc2c(c1)C(NS(C)(=O)=O)CC(C)(C)O2. The van der Waals surface area contributed by atoms with E-state index in [0.717, 1.165) is 6.26 Å². The van der Waals surface area contributed by atoms with Gasteiger partial charge in [-0.15, -0.1) is 0 Å². The third-order valence-electron chi connectivity index (χ3n) is 3.31. The number of fused-ring (bicyclic) bond motifs is 1. The number of ether oxygens (including phenoxy) is 1. The second-order valence-electron chi connectivity index (χ2n) is 5.84. The molecule has 0 aliphatic carbocycles. The van der Waals surface area contributed by atoms with Gasteiger partial charge in [-0.3, -0.25) is 4.79 Å². The van der Waals surface area contributed by atoms with Gasteiger partial charge in [0.25, 0.3) is 5.91 Å². The number of rotatable bonds is 3. The van der Waals surface area contributed by atoms with Gasteiger partial charge in [0, 0.05) is 24.6 Å². The molecule has 0 saturated carbocycles. The summed E-state index contributed by atoms with van der Waals surface area (Å²) >= 11 is 0. The Kier molecular flexibility index (Phi) is 3.99. The Morgan fingerprint density at radius 1 is 1.38 bits per heavy atom. The van der Waals surface area contributed by atoms with Gasteiger partial charge < -0.3 is 10.1 Å². The average Bonchev–Trinajstić information content (AvgIpc) is 2.34.